The van der Waals surface area contributed by atoms with E-state index in [9.17, 15) is 4.79 Å². The van der Waals surface area contributed by atoms with Crippen LogP contribution in [0.5, 0.6) is 0 Å². The lowest BCUT2D eigenvalue weighted by Crippen LogP contribution is -2.42. The summed E-state index contributed by atoms with van der Waals surface area (Å²) >= 11 is 0. The first kappa shape index (κ1) is 14.7. The Labute approximate surface area is 129 Å². The Morgan fingerprint density at radius 3 is 2.68 bits per heavy atom. The van der Waals surface area contributed by atoms with Crippen molar-refractivity contribution in [1.29, 1.82) is 0 Å². The van der Waals surface area contributed by atoms with Gasteiger partial charge in [-0.05, 0) is 45.7 Å². The fourth-order valence-corrected chi connectivity index (χ4v) is 2.83. The molecule has 0 radical (unpaired) electrons. The van der Waals surface area contributed by atoms with Gasteiger partial charge in [0.25, 0.3) is 0 Å². The van der Waals surface area contributed by atoms with Crippen molar-refractivity contribution in [2.45, 2.75) is 39.7 Å². The molecule has 1 saturated heterocycles. The number of hydrogen-bond acceptors (Lipinski definition) is 5. The smallest absolute Gasteiger partial charge is 0.223 e. The summed E-state index contributed by atoms with van der Waals surface area (Å²) in [5.74, 6) is 1.98. The summed E-state index contributed by atoms with van der Waals surface area (Å²) in [4.78, 5) is 14.3. The van der Waals surface area contributed by atoms with Gasteiger partial charge in [-0.15, -0.1) is 15.3 Å². The number of hydrogen-bond donors (Lipinski definition) is 1. The molecular formula is C15H22N6O. The number of carbonyl (C=O) groups excluding carboxylic acids is 1. The summed E-state index contributed by atoms with van der Waals surface area (Å²) < 4.78 is 1.76. The summed E-state index contributed by atoms with van der Waals surface area (Å²) in [7, 11) is 0. The van der Waals surface area contributed by atoms with Crippen LogP contribution in [0.3, 0.4) is 0 Å². The monoisotopic (exact) mass is 302 g/mol. The average Bonchev–Trinajstić information content (AvgIpc) is 2.88. The van der Waals surface area contributed by atoms with E-state index < -0.39 is 0 Å². The highest BCUT2D eigenvalue weighted by molar-refractivity contribution is 5.79. The standard InChI is InChI=1S/C15H22N6O/c1-10(2)16-15(22)12-6-8-20(9-7-12)14-5-4-13-18-17-11(3)21(13)19-14/h4-5,10,12H,6-9H2,1-3H3,(H,16,22). The lowest BCUT2D eigenvalue weighted by molar-refractivity contribution is -0.126. The van der Waals surface area contributed by atoms with Crippen LogP contribution in [0.15, 0.2) is 12.1 Å². The topological polar surface area (TPSA) is 75.4 Å². The van der Waals surface area contributed by atoms with Gasteiger partial charge in [-0.2, -0.15) is 4.52 Å². The molecule has 3 rings (SSSR count). The van der Waals surface area contributed by atoms with Crippen molar-refractivity contribution in [2.75, 3.05) is 18.0 Å². The van der Waals surface area contributed by atoms with Crippen LogP contribution in [0.1, 0.15) is 32.5 Å². The molecule has 2 aromatic heterocycles. The van der Waals surface area contributed by atoms with Crippen LogP contribution in [0.25, 0.3) is 5.65 Å². The van der Waals surface area contributed by atoms with E-state index in [1.807, 2.05) is 32.9 Å². The van der Waals surface area contributed by atoms with Gasteiger partial charge in [0.15, 0.2) is 11.5 Å². The molecule has 22 heavy (non-hydrogen) atoms. The Balaban J connectivity index is 1.67. The lowest BCUT2D eigenvalue weighted by Gasteiger charge is -2.32. The van der Waals surface area contributed by atoms with Gasteiger partial charge in [0, 0.05) is 25.0 Å². The van der Waals surface area contributed by atoms with Gasteiger partial charge in [-0.25, -0.2) is 0 Å². The average molecular weight is 302 g/mol. The molecule has 1 N–H and O–H groups in total. The first-order chi connectivity index (χ1) is 10.5. The highest BCUT2D eigenvalue weighted by atomic mass is 16.1. The van der Waals surface area contributed by atoms with Crippen LogP contribution >= 0.6 is 0 Å². The maximum absolute atomic E-state index is 12.1. The SMILES string of the molecule is Cc1nnc2ccc(N3CCC(C(=O)NC(C)C)CC3)nn12. The molecule has 0 atom stereocenters. The summed E-state index contributed by atoms with van der Waals surface area (Å²) in [6.45, 7) is 7.56. The van der Waals surface area contributed by atoms with Crippen molar-refractivity contribution >= 4 is 17.4 Å². The quantitative estimate of drug-likeness (QED) is 0.921. The molecule has 0 bridgehead atoms. The zero-order valence-electron chi connectivity index (χ0n) is 13.3. The molecule has 0 spiro atoms. The van der Waals surface area contributed by atoms with E-state index in [1.54, 1.807) is 4.52 Å². The molecule has 118 valence electrons. The molecule has 2 aromatic rings. The minimum absolute atomic E-state index is 0.110. The summed E-state index contributed by atoms with van der Waals surface area (Å²) in [5, 5.41) is 15.7. The maximum Gasteiger partial charge on any atom is 0.223 e. The molecule has 7 heteroatoms. The van der Waals surface area contributed by atoms with E-state index in [0.717, 1.165) is 43.2 Å². The number of nitrogens with one attached hydrogen (secondary N) is 1. The Hall–Kier alpha value is -2.18. The van der Waals surface area contributed by atoms with Crippen molar-refractivity contribution in [3.05, 3.63) is 18.0 Å². The van der Waals surface area contributed by atoms with Gasteiger partial charge in [0.1, 0.15) is 5.82 Å². The molecule has 1 aliphatic rings. The Morgan fingerprint density at radius 1 is 1.27 bits per heavy atom. The minimum Gasteiger partial charge on any atom is -0.355 e. The van der Waals surface area contributed by atoms with E-state index in [2.05, 4.69) is 25.5 Å². The Kier molecular flexibility index (Phi) is 3.96. The highest BCUT2D eigenvalue weighted by Crippen LogP contribution is 2.22. The molecule has 1 amide bonds. The first-order valence-electron chi connectivity index (χ1n) is 7.79. The van der Waals surface area contributed by atoms with Crippen LogP contribution < -0.4 is 10.2 Å². The second-order valence-corrected chi connectivity index (χ2v) is 6.13. The predicted molar refractivity (Wildman–Crippen MR) is 83.7 cm³/mol. The number of aryl methyl sites for hydroxylation is 1. The van der Waals surface area contributed by atoms with Gasteiger partial charge in [0.2, 0.25) is 5.91 Å². The molecule has 1 fully saturated rings. The number of anilines is 1. The van der Waals surface area contributed by atoms with Crippen molar-refractivity contribution in [3.63, 3.8) is 0 Å². The van der Waals surface area contributed by atoms with Crippen LogP contribution in [0.2, 0.25) is 0 Å². The van der Waals surface area contributed by atoms with Gasteiger partial charge >= 0.3 is 0 Å². The normalized spacial score (nSPS) is 16.5. The van der Waals surface area contributed by atoms with E-state index in [-0.39, 0.29) is 17.9 Å². The zero-order chi connectivity index (χ0) is 15.7. The molecule has 1 aliphatic heterocycles. The van der Waals surface area contributed by atoms with Crippen molar-refractivity contribution in [1.82, 2.24) is 25.1 Å². The molecular weight excluding hydrogens is 280 g/mol. The van der Waals surface area contributed by atoms with E-state index in [4.69, 9.17) is 0 Å². The number of piperidine rings is 1. The van der Waals surface area contributed by atoms with Crippen LogP contribution in [0.4, 0.5) is 5.82 Å². The van der Waals surface area contributed by atoms with E-state index in [1.165, 1.54) is 0 Å². The maximum atomic E-state index is 12.1. The number of aromatic nitrogens is 4. The number of carbonyl (C=O) groups is 1. The molecule has 0 unspecified atom stereocenters. The first-order valence-corrected chi connectivity index (χ1v) is 7.79. The second kappa shape index (κ2) is 5.90. The van der Waals surface area contributed by atoms with Crippen LogP contribution in [-0.2, 0) is 4.79 Å². The fraction of sp³-hybridized carbons (Fsp3) is 0.600. The summed E-state index contributed by atoms with van der Waals surface area (Å²) in [6.07, 6.45) is 1.72. The van der Waals surface area contributed by atoms with Crippen molar-refractivity contribution in [3.8, 4) is 0 Å². The van der Waals surface area contributed by atoms with Gasteiger partial charge in [-0.1, -0.05) is 0 Å². The fourth-order valence-electron chi connectivity index (χ4n) is 2.83. The van der Waals surface area contributed by atoms with Crippen molar-refractivity contribution in [2.24, 2.45) is 5.92 Å². The third-order valence-corrected chi connectivity index (χ3v) is 4.03. The third-order valence-electron chi connectivity index (χ3n) is 4.03. The number of fused-ring (bicyclic) bond motifs is 1. The van der Waals surface area contributed by atoms with E-state index in [0.29, 0.717) is 0 Å². The van der Waals surface area contributed by atoms with Crippen molar-refractivity contribution < 1.29 is 4.79 Å². The lowest BCUT2D eigenvalue weighted by atomic mass is 9.95. The minimum atomic E-state index is 0.110. The third kappa shape index (κ3) is 2.88. The van der Waals surface area contributed by atoms with E-state index >= 15 is 0 Å². The molecule has 7 nitrogen and oxygen atoms in total. The van der Waals surface area contributed by atoms with Gasteiger partial charge in [-0.3, -0.25) is 4.79 Å². The summed E-state index contributed by atoms with van der Waals surface area (Å²) in [6, 6.07) is 4.10. The second-order valence-electron chi connectivity index (χ2n) is 6.13. The number of amides is 1. The largest absolute Gasteiger partial charge is 0.355 e. The Bertz CT molecular complexity index is 672. The molecule has 3 heterocycles. The summed E-state index contributed by atoms with van der Waals surface area (Å²) in [5.41, 5.74) is 0.757. The predicted octanol–water partition coefficient (Wildman–Crippen LogP) is 1.17. The molecule has 0 aromatic carbocycles. The highest BCUT2D eigenvalue weighted by Gasteiger charge is 2.26. The van der Waals surface area contributed by atoms with Crippen LogP contribution in [0, 0.1) is 12.8 Å². The molecule has 0 aliphatic carbocycles. The molecule has 0 saturated carbocycles. The Morgan fingerprint density at radius 2 is 2.00 bits per heavy atom. The van der Waals surface area contributed by atoms with Gasteiger partial charge < -0.3 is 10.2 Å². The number of rotatable bonds is 3. The zero-order valence-corrected chi connectivity index (χ0v) is 13.3. The van der Waals surface area contributed by atoms with Gasteiger partial charge in [0.05, 0.1) is 0 Å². The van der Waals surface area contributed by atoms with Crippen LogP contribution in [-0.4, -0.2) is 44.8 Å². The number of nitrogens with zero attached hydrogens (tertiary/aromatic N) is 5.